The summed E-state index contributed by atoms with van der Waals surface area (Å²) in [6.45, 7) is 6.68. The summed E-state index contributed by atoms with van der Waals surface area (Å²) in [7, 11) is 0. The van der Waals surface area contributed by atoms with Gasteiger partial charge in [-0.25, -0.2) is 4.79 Å². The quantitative estimate of drug-likeness (QED) is 0.249. The zero-order valence-corrected chi connectivity index (χ0v) is 21.7. The molecular weight excluding hydrogens is 460 g/mol. The van der Waals surface area contributed by atoms with Crippen LogP contribution in [0.1, 0.15) is 63.4 Å². The van der Waals surface area contributed by atoms with E-state index in [1.54, 1.807) is 0 Å². The Labute approximate surface area is 219 Å². The molecule has 0 aliphatic rings. The normalized spacial score (nSPS) is 11.6. The topological polar surface area (TPSA) is 62.4 Å². The van der Waals surface area contributed by atoms with Gasteiger partial charge in [-0.05, 0) is 55.0 Å². The number of hydrogen-bond acceptors (Lipinski definition) is 3. The molecule has 0 bridgehead atoms. The molecule has 3 aromatic carbocycles. The second-order valence-electron chi connectivity index (χ2n) is 9.38. The predicted octanol–water partition coefficient (Wildman–Crippen LogP) is 6.71. The molecule has 0 spiro atoms. The Hall–Kier alpha value is -4.12. The molecule has 0 fully saturated rings. The smallest absolute Gasteiger partial charge is 0.355 e. The number of carbonyl (C=O) groups excluding carboxylic acids is 2. The fourth-order valence-corrected chi connectivity index (χ4v) is 4.67. The van der Waals surface area contributed by atoms with E-state index < -0.39 is 0 Å². The Bertz CT molecular complexity index is 1310. The van der Waals surface area contributed by atoms with Crippen molar-refractivity contribution in [3.05, 3.63) is 130 Å². The maximum atomic E-state index is 13.6. The molecule has 0 unspecified atom stereocenters. The Balaban J connectivity index is 1.46. The molecule has 1 amide bonds. The van der Waals surface area contributed by atoms with Gasteiger partial charge in [0.15, 0.2) is 0 Å². The van der Waals surface area contributed by atoms with Gasteiger partial charge in [-0.1, -0.05) is 91.0 Å². The van der Waals surface area contributed by atoms with Crippen LogP contribution in [0.5, 0.6) is 0 Å². The average molecular weight is 495 g/mol. The lowest BCUT2D eigenvalue weighted by molar-refractivity contribution is -0.134. The third-order valence-corrected chi connectivity index (χ3v) is 6.86. The summed E-state index contributed by atoms with van der Waals surface area (Å²) in [5, 5.41) is 0. The van der Waals surface area contributed by atoms with Gasteiger partial charge in [-0.3, -0.25) is 4.79 Å². The first kappa shape index (κ1) is 26.0. The van der Waals surface area contributed by atoms with E-state index in [-0.39, 0.29) is 24.5 Å². The van der Waals surface area contributed by atoms with Gasteiger partial charge in [-0.15, -0.1) is 0 Å². The number of rotatable bonds is 10. The Morgan fingerprint density at radius 3 is 2.03 bits per heavy atom. The average Bonchev–Trinajstić information content (AvgIpc) is 3.23. The SMILES string of the molecule is Cc1[nH]c(C(=O)OCc2ccccc2)c(C)c1CCC(=O)N(Cc1ccccc1)[C@H](C)c1ccccc1. The summed E-state index contributed by atoms with van der Waals surface area (Å²) < 4.78 is 5.53. The number of ether oxygens (including phenoxy) is 1. The van der Waals surface area contributed by atoms with E-state index in [1.807, 2.05) is 97.6 Å². The second kappa shape index (κ2) is 12.2. The van der Waals surface area contributed by atoms with Crippen molar-refractivity contribution in [3.63, 3.8) is 0 Å². The number of amides is 1. The summed E-state index contributed by atoms with van der Waals surface area (Å²) in [6.07, 6.45) is 0.897. The first-order chi connectivity index (χ1) is 17.9. The number of aromatic amines is 1. The molecule has 37 heavy (non-hydrogen) atoms. The van der Waals surface area contributed by atoms with Crippen molar-refractivity contribution in [1.29, 1.82) is 0 Å². The minimum absolute atomic E-state index is 0.0640. The monoisotopic (exact) mass is 494 g/mol. The van der Waals surface area contributed by atoms with Gasteiger partial charge in [0.2, 0.25) is 5.91 Å². The van der Waals surface area contributed by atoms with Crippen molar-refractivity contribution in [2.24, 2.45) is 0 Å². The fraction of sp³-hybridized carbons (Fsp3) is 0.250. The molecule has 0 aliphatic carbocycles. The van der Waals surface area contributed by atoms with E-state index in [0.29, 0.717) is 25.1 Å². The van der Waals surface area contributed by atoms with Crippen molar-refractivity contribution in [3.8, 4) is 0 Å². The molecule has 4 aromatic rings. The van der Waals surface area contributed by atoms with Crippen molar-refractivity contribution >= 4 is 11.9 Å². The number of aromatic nitrogens is 1. The molecular formula is C32H34N2O3. The summed E-state index contributed by atoms with van der Waals surface area (Å²) in [4.78, 5) is 31.5. The first-order valence-corrected chi connectivity index (χ1v) is 12.7. The number of carbonyl (C=O) groups is 2. The summed E-state index contributed by atoms with van der Waals surface area (Å²) in [6, 6.07) is 29.7. The van der Waals surface area contributed by atoms with E-state index in [1.165, 1.54) is 0 Å². The molecule has 1 atom stereocenters. The maximum absolute atomic E-state index is 13.6. The lowest BCUT2D eigenvalue weighted by Gasteiger charge is -2.30. The minimum atomic E-state index is -0.384. The summed E-state index contributed by atoms with van der Waals surface area (Å²) in [5.74, 6) is -0.307. The van der Waals surface area contributed by atoms with Crippen LogP contribution in [-0.4, -0.2) is 21.8 Å². The van der Waals surface area contributed by atoms with E-state index in [2.05, 4.69) is 24.0 Å². The molecule has 1 aromatic heterocycles. The van der Waals surface area contributed by atoms with Crippen molar-refractivity contribution in [1.82, 2.24) is 9.88 Å². The number of nitrogens with zero attached hydrogens (tertiary/aromatic N) is 1. The molecule has 1 N–H and O–H groups in total. The van der Waals surface area contributed by atoms with Gasteiger partial charge in [0, 0.05) is 18.7 Å². The van der Waals surface area contributed by atoms with Gasteiger partial charge < -0.3 is 14.6 Å². The predicted molar refractivity (Wildman–Crippen MR) is 146 cm³/mol. The highest BCUT2D eigenvalue weighted by Crippen LogP contribution is 2.26. The number of hydrogen-bond donors (Lipinski definition) is 1. The van der Waals surface area contributed by atoms with E-state index >= 15 is 0 Å². The molecule has 5 heteroatoms. The van der Waals surface area contributed by atoms with Crippen LogP contribution in [0.25, 0.3) is 0 Å². The summed E-state index contributed by atoms with van der Waals surface area (Å²) in [5.41, 5.74) is 6.31. The highest BCUT2D eigenvalue weighted by Gasteiger charge is 2.24. The third-order valence-electron chi connectivity index (χ3n) is 6.86. The third kappa shape index (κ3) is 6.56. The van der Waals surface area contributed by atoms with Crippen molar-refractivity contribution < 1.29 is 14.3 Å². The number of nitrogens with one attached hydrogen (secondary N) is 1. The zero-order chi connectivity index (χ0) is 26.2. The van der Waals surface area contributed by atoms with Crippen LogP contribution in [0.15, 0.2) is 91.0 Å². The number of aryl methyl sites for hydroxylation is 1. The first-order valence-electron chi connectivity index (χ1n) is 12.7. The highest BCUT2D eigenvalue weighted by atomic mass is 16.5. The lowest BCUT2D eigenvalue weighted by Crippen LogP contribution is -2.33. The van der Waals surface area contributed by atoms with Crippen LogP contribution in [0.3, 0.4) is 0 Å². The van der Waals surface area contributed by atoms with Crippen molar-refractivity contribution in [2.45, 2.75) is 52.8 Å². The van der Waals surface area contributed by atoms with Gasteiger partial charge in [0.1, 0.15) is 12.3 Å². The molecule has 4 rings (SSSR count). The number of benzene rings is 3. The van der Waals surface area contributed by atoms with Crippen LogP contribution in [-0.2, 0) is 29.1 Å². The summed E-state index contributed by atoms with van der Waals surface area (Å²) >= 11 is 0. The van der Waals surface area contributed by atoms with Crippen LogP contribution < -0.4 is 0 Å². The van der Waals surface area contributed by atoms with E-state index in [0.717, 1.165) is 33.5 Å². The Kier molecular flexibility index (Phi) is 8.57. The zero-order valence-electron chi connectivity index (χ0n) is 21.7. The molecule has 0 aliphatic heterocycles. The highest BCUT2D eigenvalue weighted by molar-refractivity contribution is 5.90. The number of esters is 1. The second-order valence-corrected chi connectivity index (χ2v) is 9.38. The molecule has 1 heterocycles. The standard InChI is InChI=1S/C32H34N2O3/c1-23-29(24(2)33-31(23)32(36)37-22-27-15-9-5-10-16-27)19-20-30(35)34(21-26-13-7-4-8-14-26)25(3)28-17-11-6-12-18-28/h4-18,25,33H,19-22H2,1-3H3/t25-/m1/s1. The molecule has 0 saturated heterocycles. The van der Waals surface area contributed by atoms with Crippen LogP contribution >= 0.6 is 0 Å². The maximum Gasteiger partial charge on any atom is 0.355 e. The van der Waals surface area contributed by atoms with Gasteiger partial charge >= 0.3 is 5.97 Å². The van der Waals surface area contributed by atoms with Gasteiger partial charge in [0.05, 0.1) is 6.04 Å². The van der Waals surface area contributed by atoms with Crippen molar-refractivity contribution in [2.75, 3.05) is 0 Å². The Morgan fingerprint density at radius 1 is 0.838 bits per heavy atom. The van der Waals surface area contributed by atoms with Gasteiger partial charge in [-0.2, -0.15) is 0 Å². The Morgan fingerprint density at radius 2 is 1.41 bits per heavy atom. The molecule has 0 radical (unpaired) electrons. The minimum Gasteiger partial charge on any atom is -0.456 e. The van der Waals surface area contributed by atoms with Crippen LogP contribution in [0.2, 0.25) is 0 Å². The largest absolute Gasteiger partial charge is 0.456 e. The van der Waals surface area contributed by atoms with Gasteiger partial charge in [0.25, 0.3) is 0 Å². The molecule has 5 nitrogen and oxygen atoms in total. The van der Waals surface area contributed by atoms with E-state index in [9.17, 15) is 9.59 Å². The molecule has 190 valence electrons. The van der Waals surface area contributed by atoms with Crippen LogP contribution in [0.4, 0.5) is 0 Å². The lowest BCUT2D eigenvalue weighted by atomic mass is 10.0. The number of H-pyrrole nitrogens is 1. The fourth-order valence-electron chi connectivity index (χ4n) is 4.67. The molecule has 0 saturated carbocycles. The van der Waals surface area contributed by atoms with E-state index in [4.69, 9.17) is 4.74 Å². The van der Waals surface area contributed by atoms with Crippen LogP contribution in [0, 0.1) is 13.8 Å².